The molecule has 0 saturated heterocycles. The van der Waals surface area contributed by atoms with E-state index in [0.717, 1.165) is 57.0 Å². The standard InChI is InChI=1S/C32H39NO11/c1-33(13-7-9-15-43-32(38)28-20-24(36)30-23(35)18-22(34)19-25(30)44-28)12-6-5-8-14-42-29(37)11-10-21-16-26(39-2)31(41-4)27(17-21)40-3/h10-11,16-20,34-35H,5-9,12-15H2,1-4H3/b11-10+. The van der Waals surface area contributed by atoms with Crippen molar-refractivity contribution >= 4 is 29.0 Å². The van der Waals surface area contributed by atoms with Crippen LogP contribution in [0.15, 0.2) is 45.6 Å². The molecule has 0 amide bonds. The molecule has 0 saturated carbocycles. The molecule has 1 heterocycles. The molecule has 0 bridgehead atoms. The number of unbranched alkanes of at least 4 members (excludes halogenated alkanes) is 3. The highest BCUT2D eigenvalue weighted by molar-refractivity contribution is 5.91. The molecule has 0 radical (unpaired) electrons. The third kappa shape index (κ3) is 9.66. The largest absolute Gasteiger partial charge is 0.508 e. The van der Waals surface area contributed by atoms with Crippen molar-refractivity contribution in [1.82, 2.24) is 4.90 Å². The molecule has 3 aromatic rings. The van der Waals surface area contributed by atoms with Gasteiger partial charge in [-0.25, -0.2) is 9.59 Å². The fourth-order valence-corrected chi connectivity index (χ4v) is 4.43. The van der Waals surface area contributed by atoms with Crippen LogP contribution < -0.4 is 19.6 Å². The predicted octanol–water partition coefficient (Wildman–Crippen LogP) is 4.53. The lowest BCUT2D eigenvalue weighted by Crippen LogP contribution is -2.21. The minimum absolute atomic E-state index is 0.106. The monoisotopic (exact) mass is 613 g/mol. The Labute approximate surface area is 255 Å². The van der Waals surface area contributed by atoms with Crippen LogP contribution in [0.25, 0.3) is 17.0 Å². The first-order valence-electron chi connectivity index (χ1n) is 14.2. The molecule has 238 valence electrons. The summed E-state index contributed by atoms with van der Waals surface area (Å²) in [6.07, 6.45) is 6.99. The number of carbonyl (C=O) groups is 2. The number of benzene rings is 2. The zero-order valence-electron chi connectivity index (χ0n) is 25.4. The number of nitrogens with zero attached hydrogens (tertiary/aromatic N) is 1. The number of fused-ring (bicyclic) bond motifs is 1. The predicted molar refractivity (Wildman–Crippen MR) is 163 cm³/mol. The van der Waals surface area contributed by atoms with Gasteiger partial charge in [-0.15, -0.1) is 0 Å². The number of carbonyl (C=O) groups excluding carboxylic acids is 2. The van der Waals surface area contributed by atoms with Crippen molar-refractivity contribution in [1.29, 1.82) is 0 Å². The van der Waals surface area contributed by atoms with Crippen LogP contribution >= 0.6 is 0 Å². The summed E-state index contributed by atoms with van der Waals surface area (Å²) < 4.78 is 31.8. The van der Waals surface area contributed by atoms with E-state index in [4.69, 9.17) is 28.1 Å². The van der Waals surface area contributed by atoms with E-state index in [1.54, 1.807) is 18.2 Å². The van der Waals surface area contributed by atoms with E-state index >= 15 is 0 Å². The highest BCUT2D eigenvalue weighted by Crippen LogP contribution is 2.38. The van der Waals surface area contributed by atoms with Gasteiger partial charge in [0.2, 0.25) is 11.5 Å². The summed E-state index contributed by atoms with van der Waals surface area (Å²) in [6, 6.07) is 6.61. The Hall–Kier alpha value is -4.71. The van der Waals surface area contributed by atoms with Crippen LogP contribution in [-0.4, -0.2) is 81.7 Å². The van der Waals surface area contributed by atoms with Crippen molar-refractivity contribution in [3.05, 3.63) is 58.0 Å². The van der Waals surface area contributed by atoms with E-state index in [-0.39, 0.29) is 29.1 Å². The first-order chi connectivity index (χ1) is 21.2. The Bertz CT molecular complexity index is 1490. The summed E-state index contributed by atoms with van der Waals surface area (Å²) in [5.74, 6) is -0.794. The fourth-order valence-electron chi connectivity index (χ4n) is 4.43. The number of rotatable bonds is 17. The highest BCUT2D eigenvalue weighted by atomic mass is 16.5. The molecule has 0 aliphatic rings. The molecule has 2 aromatic carbocycles. The zero-order chi connectivity index (χ0) is 32.1. The fraction of sp³-hybridized carbons (Fsp3) is 0.406. The van der Waals surface area contributed by atoms with Crippen LogP contribution in [0.5, 0.6) is 28.7 Å². The summed E-state index contributed by atoms with van der Waals surface area (Å²) in [6.45, 7) is 2.16. The van der Waals surface area contributed by atoms with E-state index < -0.39 is 23.1 Å². The molecular weight excluding hydrogens is 574 g/mol. The maximum absolute atomic E-state index is 12.3. The van der Waals surface area contributed by atoms with Crippen molar-refractivity contribution in [2.24, 2.45) is 0 Å². The Morgan fingerprint density at radius 1 is 0.841 bits per heavy atom. The van der Waals surface area contributed by atoms with Crippen molar-refractivity contribution in [2.45, 2.75) is 32.1 Å². The summed E-state index contributed by atoms with van der Waals surface area (Å²) in [5, 5.41) is 19.3. The van der Waals surface area contributed by atoms with Crippen LogP contribution in [0, 0.1) is 0 Å². The highest BCUT2D eigenvalue weighted by Gasteiger charge is 2.17. The molecule has 0 fully saturated rings. The second-order valence-electron chi connectivity index (χ2n) is 9.98. The first kappa shape index (κ1) is 33.8. The van der Waals surface area contributed by atoms with Gasteiger partial charge in [-0.2, -0.15) is 0 Å². The van der Waals surface area contributed by atoms with Gasteiger partial charge in [0.1, 0.15) is 22.5 Å². The van der Waals surface area contributed by atoms with Gasteiger partial charge in [0.15, 0.2) is 16.9 Å². The summed E-state index contributed by atoms with van der Waals surface area (Å²) in [7, 11) is 6.58. The molecule has 1 aromatic heterocycles. The summed E-state index contributed by atoms with van der Waals surface area (Å²) in [5.41, 5.74) is -0.00873. The Morgan fingerprint density at radius 2 is 1.48 bits per heavy atom. The van der Waals surface area contributed by atoms with E-state index in [1.165, 1.54) is 27.4 Å². The number of phenolic OH excluding ortho intramolecular Hbond substituents is 2. The molecule has 3 rings (SSSR count). The molecule has 0 spiro atoms. The van der Waals surface area contributed by atoms with Crippen LogP contribution in [-0.2, 0) is 14.3 Å². The molecule has 44 heavy (non-hydrogen) atoms. The van der Waals surface area contributed by atoms with E-state index in [9.17, 15) is 24.6 Å². The number of phenols is 2. The Balaban J connectivity index is 1.27. The smallest absolute Gasteiger partial charge is 0.374 e. The number of aromatic hydroxyl groups is 2. The van der Waals surface area contributed by atoms with Crippen LogP contribution in [0.1, 0.15) is 48.2 Å². The maximum atomic E-state index is 12.3. The molecule has 2 N–H and O–H groups in total. The molecule has 0 unspecified atom stereocenters. The number of ether oxygens (including phenoxy) is 5. The van der Waals surface area contributed by atoms with E-state index in [1.807, 2.05) is 7.05 Å². The summed E-state index contributed by atoms with van der Waals surface area (Å²) in [4.78, 5) is 38.8. The third-order valence-electron chi connectivity index (χ3n) is 6.69. The molecule has 12 nitrogen and oxygen atoms in total. The quantitative estimate of drug-likeness (QED) is 0.125. The number of hydrogen-bond donors (Lipinski definition) is 2. The van der Waals surface area contributed by atoms with Crippen molar-refractivity contribution < 1.29 is 47.9 Å². The van der Waals surface area contributed by atoms with Crippen molar-refractivity contribution in [3.63, 3.8) is 0 Å². The van der Waals surface area contributed by atoms with Gasteiger partial charge >= 0.3 is 11.9 Å². The van der Waals surface area contributed by atoms with Gasteiger partial charge in [-0.1, -0.05) is 0 Å². The molecule has 12 heteroatoms. The van der Waals surface area contributed by atoms with Crippen LogP contribution in [0.3, 0.4) is 0 Å². The van der Waals surface area contributed by atoms with Gasteiger partial charge in [0, 0.05) is 24.3 Å². The topological polar surface area (TPSA) is 154 Å². The molecule has 0 aliphatic heterocycles. The number of methoxy groups -OCH3 is 3. The van der Waals surface area contributed by atoms with E-state index in [0.29, 0.717) is 35.8 Å². The number of hydrogen-bond acceptors (Lipinski definition) is 12. The van der Waals surface area contributed by atoms with Gasteiger partial charge < -0.3 is 43.2 Å². The molecule has 0 aliphatic carbocycles. The lowest BCUT2D eigenvalue weighted by molar-refractivity contribution is -0.137. The van der Waals surface area contributed by atoms with Gasteiger partial charge in [0.05, 0.1) is 34.5 Å². The van der Waals surface area contributed by atoms with Crippen molar-refractivity contribution in [2.75, 3.05) is 54.7 Å². The lowest BCUT2D eigenvalue weighted by atomic mass is 10.1. The first-order valence-corrected chi connectivity index (χ1v) is 14.2. The van der Waals surface area contributed by atoms with Crippen molar-refractivity contribution in [3.8, 4) is 28.7 Å². The average molecular weight is 614 g/mol. The minimum atomic E-state index is -0.794. The Kier molecular flexibility index (Phi) is 12.9. The van der Waals surface area contributed by atoms with Crippen LogP contribution in [0.2, 0.25) is 0 Å². The third-order valence-corrected chi connectivity index (χ3v) is 6.69. The second kappa shape index (κ2) is 16.8. The van der Waals surface area contributed by atoms with Gasteiger partial charge in [-0.3, -0.25) is 4.79 Å². The number of esters is 2. The SMILES string of the molecule is COc1cc(/C=C/C(=O)OCCCCCN(C)CCCCOC(=O)c2cc(=O)c3c(O)cc(O)cc3o2)cc(OC)c1OC. The summed E-state index contributed by atoms with van der Waals surface area (Å²) >= 11 is 0. The molecule has 0 atom stereocenters. The lowest BCUT2D eigenvalue weighted by Gasteiger charge is -2.16. The maximum Gasteiger partial charge on any atom is 0.374 e. The zero-order valence-corrected chi connectivity index (χ0v) is 25.4. The Morgan fingerprint density at radius 3 is 2.14 bits per heavy atom. The second-order valence-corrected chi connectivity index (χ2v) is 9.98. The van der Waals surface area contributed by atoms with E-state index in [2.05, 4.69) is 4.90 Å². The van der Waals surface area contributed by atoms with Crippen LogP contribution in [0.4, 0.5) is 0 Å². The molecular formula is C32H39NO11. The van der Waals surface area contributed by atoms with Gasteiger partial charge in [0.25, 0.3) is 0 Å². The minimum Gasteiger partial charge on any atom is -0.508 e. The van der Waals surface area contributed by atoms with Gasteiger partial charge in [-0.05, 0) is 76.0 Å². The average Bonchev–Trinajstić information content (AvgIpc) is 3.00. The normalized spacial score (nSPS) is 11.2.